The number of nitrogens with zero attached hydrogens (tertiary/aromatic N) is 8. The summed E-state index contributed by atoms with van der Waals surface area (Å²) in [7, 11) is -23.0. The van der Waals surface area contributed by atoms with Gasteiger partial charge >= 0.3 is 33.2 Å². The van der Waals surface area contributed by atoms with Crippen LogP contribution in [0.15, 0.2) is 248 Å². The van der Waals surface area contributed by atoms with Crippen molar-refractivity contribution >= 4 is 153 Å². The number of benzene rings is 10. The van der Waals surface area contributed by atoms with Crippen molar-refractivity contribution in [2.75, 3.05) is 21.3 Å². The Labute approximate surface area is 714 Å². The van der Waals surface area contributed by atoms with Crippen molar-refractivity contribution in [3.8, 4) is 45.8 Å². The van der Waals surface area contributed by atoms with Gasteiger partial charge in [0.05, 0.1) is 65.8 Å². The Hall–Kier alpha value is -15.0. The number of hydrogen-bond donors (Lipinski definition) is 8. The van der Waals surface area contributed by atoms with Crippen LogP contribution in [0.2, 0.25) is 0 Å². The summed E-state index contributed by atoms with van der Waals surface area (Å²) in [6.45, 7) is 0. The van der Waals surface area contributed by atoms with Crippen molar-refractivity contribution in [1.82, 2.24) is 39.0 Å². The third kappa shape index (κ3) is 18.5. The summed E-state index contributed by atoms with van der Waals surface area (Å²) in [6.07, 6.45) is 0.582. The second kappa shape index (κ2) is 35.1. The Balaban J connectivity index is 0.00000155. The molecule has 0 spiro atoms. The highest BCUT2D eigenvalue weighted by Gasteiger charge is 2.38. The van der Waals surface area contributed by atoms with Gasteiger partial charge in [-0.05, 0) is 133 Å². The minimum atomic E-state index is -5.13. The summed E-state index contributed by atoms with van der Waals surface area (Å²) >= 11 is 0. The van der Waals surface area contributed by atoms with Gasteiger partial charge in [0.1, 0.15) is 32.9 Å². The van der Waals surface area contributed by atoms with E-state index in [-0.39, 0.29) is 168 Å². The third-order valence-corrected chi connectivity index (χ3v) is 23.1. The molecule has 0 unspecified atom stereocenters. The van der Waals surface area contributed by atoms with Crippen LogP contribution in [0.25, 0.3) is 44.1 Å². The van der Waals surface area contributed by atoms with E-state index in [1.807, 2.05) is 0 Å². The maximum Gasteiger partial charge on any atom is 0.425 e. The molecule has 10 aromatic carbocycles. The molecule has 0 saturated carbocycles. The first kappa shape index (κ1) is 87.4. The van der Waals surface area contributed by atoms with Gasteiger partial charge in [0, 0.05) is 82.5 Å². The van der Waals surface area contributed by atoms with Crippen LogP contribution in [-0.2, 0) is 88.6 Å². The number of aryl methyl sites for hydroxylation is 4. The minimum Gasteiger partial charge on any atom is -0.424 e. The molecule has 0 atom stereocenters. The number of unbranched alkanes of at least 4 members (excludes halogenated alkanes) is 1. The number of rotatable bonds is 25. The Morgan fingerprint density at radius 1 is 0.373 bits per heavy atom. The standard InChI is InChI=1S/C82H58N12O20S4.2O3S/c1-93-59-36-34-55(67-69(59)65(51-22-9-11-24-53(51)75(67)97)71(77(93)99)73(95)43-16-5-3-6-17-43)83-45-28-38-62(118(110,111)112)58(41-45)86-80-88-64(90-82(92-80)113-47-19-7-4-8-20-47)27-14-13-26-63-87-79(91-81(89-63)114-48-30-32-49(33-31-48)115(101,102)103)84-46-29-39-61(117(107,108)109)57(42-46)85-56-35-37-60-70-66(52-23-10-12-25-54(52)76(98)68(56)70)72(78(100)94(60)2)74(96)44-18-15-21-50(40-44)116(104,105)106;2*1-4(2)3/h3-12,15-25,28-42,83,85H,13-14,26-27H2,1-2H3,(H,101,102,103)(H,104,105,106)(H,107,108,109)(H,110,111,112)(H,84,87,89,91)(H,86,88,90,92);;. The Kier molecular flexibility index (Phi) is 24.3. The molecule has 638 valence electrons. The van der Waals surface area contributed by atoms with Gasteiger partial charge in [-0.1, -0.05) is 109 Å². The van der Waals surface area contributed by atoms with Crippen molar-refractivity contribution in [3.05, 3.63) is 295 Å². The zero-order valence-corrected chi connectivity index (χ0v) is 69.3. The van der Waals surface area contributed by atoms with Crippen molar-refractivity contribution in [1.29, 1.82) is 0 Å². The van der Waals surface area contributed by atoms with Crippen molar-refractivity contribution in [2.24, 2.45) is 14.1 Å². The van der Waals surface area contributed by atoms with E-state index in [1.165, 1.54) is 97.5 Å². The lowest BCUT2D eigenvalue weighted by Gasteiger charge is -2.26. The summed E-state index contributed by atoms with van der Waals surface area (Å²) in [5, 5.41) is 12.5. The van der Waals surface area contributed by atoms with E-state index in [1.54, 1.807) is 103 Å². The number of anilines is 8. The maximum atomic E-state index is 15.0. The molecule has 44 heteroatoms. The molecule has 0 fully saturated rings. The molecular weight excluding hydrogens is 1760 g/mol. The van der Waals surface area contributed by atoms with Crippen LogP contribution in [0.4, 0.5) is 46.0 Å². The number of ketones is 4. The molecule has 0 radical (unpaired) electrons. The Bertz CT molecular complexity index is 7820. The molecule has 14 aromatic rings. The van der Waals surface area contributed by atoms with Crippen LogP contribution in [0.5, 0.6) is 23.5 Å². The largest absolute Gasteiger partial charge is 0.425 e. The molecule has 4 heterocycles. The Morgan fingerprint density at radius 3 is 1.23 bits per heavy atom. The summed E-state index contributed by atoms with van der Waals surface area (Å²) in [5.74, 6) is -2.69. The van der Waals surface area contributed by atoms with Gasteiger partial charge in [0.15, 0.2) is 23.1 Å². The van der Waals surface area contributed by atoms with E-state index in [2.05, 4.69) is 51.2 Å². The fourth-order valence-corrected chi connectivity index (χ4v) is 16.5. The first-order valence-corrected chi connectivity index (χ1v) is 44.3. The average molecular weight is 1820 g/mol. The lowest BCUT2D eigenvalue weighted by atomic mass is 9.80. The monoisotopic (exact) mass is 1820 g/mol. The van der Waals surface area contributed by atoms with E-state index in [9.17, 15) is 80.6 Å². The molecule has 0 saturated heterocycles. The molecule has 8 N–H and O–H groups in total. The molecule has 0 aliphatic heterocycles. The zero-order valence-electron chi connectivity index (χ0n) is 64.4. The van der Waals surface area contributed by atoms with Gasteiger partial charge in [-0.3, -0.25) is 47.0 Å². The minimum absolute atomic E-state index is 0.00958. The fraction of sp³-hybridized carbons (Fsp3) is 0.0732. The van der Waals surface area contributed by atoms with Gasteiger partial charge in [-0.2, -0.15) is 63.6 Å². The molecule has 4 aromatic heterocycles. The molecule has 38 nitrogen and oxygen atoms in total. The van der Waals surface area contributed by atoms with Gasteiger partial charge in [0.25, 0.3) is 51.6 Å². The normalized spacial score (nSPS) is 12.0. The number of hydrogen-bond acceptors (Lipinski definition) is 32. The first-order chi connectivity index (χ1) is 59.8. The van der Waals surface area contributed by atoms with Crippen molar-refractivity contribution in [3.63, 3.8) is 0 Å². The highest BCUT2D eigenvalue weighted by Crippen LogP contribution is 2.47. The SMILES string of the molecule is Cn1c(=O)c(C(=O)c2ccccc2)c2c3c(c(Nc4ccc(S(=O)(=O)O)c(Nc5nc(CCCCc6nc(Nc7ccc(S(=O)(=O)O)c(Nc8ccc9c%10c8C(=O)c8ccccc8-c%10c(C(=O)c8cccc(S(=O)(=O)O)c8)c(=O)n9C)c7)nc(Oc7ccc(S(=O)(=O)O)cc7)n6)nc(Oc6ccccc6)n5)c4)ccc31)C(=O)c1ccccc1-2.O=S(=O)=O.O=S(=O)=O. The van der Waals surface area contributed by atoms with Gasteiger partial charge < -0.3 is 39.9 Å². The second-order valence-electron chi connectivity index (χ2n) is 27.4. The average Bonchev–Trinajstić information content (AvgIpc) is 0.712. The molecule has 2 aliphatic rings. The first-order valence-electron chi connectivity index (χ1n) is 36.5. The number of carbonyl (C=O) groups is 4. The van der Waals surface area contributed by atoms with E-state index in [0.717, 1.165) is 41.0 Å². The van der Waals surface area contributed by atoms with Gasteiger partial charge in [0.2, 0.25) is 11.9 Å². The van der Waals surface area contributed by atoms with Gasteiger partial charge in [-0.25, -0.2) is 0 Å². The van der Waals surface area contributed by atoms with E-state index >= 15 is 0 Å². The molecule has 0 amide bonds. The number of fused-ring (bicyclic) bond motifs is 4. The third-order valence-electron chi connectivity index (χ3n) is 19.6. The summed E-state index contributed by atoms with van der Waals surface area (Å²) < 4.78 is 208. The highest BCUT2D eigenvalue weighted by atomic mass is 32.2. The van der Waals surface area contributed by atoms with Crippen LogP contribution in [-0.4, -0.2) is 139 Å². The smallest absolute Gasteiger partial charge is 0.424 e. The van der Waals surface area contributed by atoms with Crippen molar-refractivity contribution in [2.45, 2.75) is 45.3 Å². The number of carbonyl (C=O) groups excluding carboxylic acids is 4. The number of nitrogens with one attached hydrogen (secondary N) is 4. The topological polar surface area (TPSA) is 576 Å². The molecule has 0 bridgehead atoms. The van der Waals surface area contributed by atoms with E-state index < -0.39 is 121 Å². The summed E-state index contributed by atoms with van der Waals surface area (Å²) in [4.78, 5) is 113. The predicted octanol–water partition coefficient (Wildman–Crippen LogP) is 10.7. The second-order valence-corrected chi connectivity index (χ2v) is 33.9. The van der Waals surface area contributed by atoms with E-state index in [4.69, 9.17) is 34.7 Å². The lowest BCUT2D eigenvalue weighted by Crippen LogP contribution is -2.29. The molecular formula is C82H58N12O26S6. The van der Waals surface area contributed by atoms with Gasteiger partial charge in [-0.15, -0.1) is 25.3 Å². The van der Waals surface area contributed by atoms with E-state index in [0.29, 0.717) is 22.2 Å². The summed E-state index contributed by atoms with van der Waals surface area (Å²) in [5.41, 5.74) is -1.03. The number of ether oxygens (including phenoxy) is 2. The predicted molar refractivity (Wildman–Crippen MR) is 450 cm³/mol. The fourth-order valence-electron chi connectivity index (χ4n) is 14.2. The quantitative estimate of drug-likeness (QED) is 0.0150. The van der Waals surface area contributed by atoms with Crippen LogP contribution < -0.4 is 41.9 Å². The number of pyridine rings is 2. The zero-order chi connectivity index (χ0) is 90.2. The molecule has 126 heavy (non-hydrogen) atoms. The Morgan fingerprint density at radius 2 is 0.770 bits per heavy atom. The van der Waals surface area contributed by atoms with Crippen LogP contribution in [0.3, 0.4) is 0 Å². The molecule has 16 rings (SSSR count). The summed E-state index contributed by atoms with van der Waals surface area (Å²) in [6, 6.07) is 50.9. The van der Waals surface area contributed by atoms with Crippen LogP contribution in [0, 0.1) is 0 Å². The van der Waals surface area contributed by atoms with Crippen LogP contribution in [0.1, 0.15) is 88.2 Å². The lowest BCUT2D eigenvalue weighted by molar-refractivity contribution is 0.102. The number of para-hydroxylation sites is 1. The number of aromatic nitrogens is 8. The van der Waals surface area contributed by atoms with Crippen molar-refractivity contribution < 1.29 is 106 Å². The highest BCUT2D eigenvalue weighted by molar-refractivity contribution is 7.86. The van der Waals surface area contributed by atoms with Crippen LogP contribution >= 0.6 is 0 Å². The maximum absolute atomic E-state index is 15.0. The molecule has 2 aliphatic carbocycles.